The lowest BCUT2D eigenvalue weighted by Crippen LogP contribution is -2.57. The highest BCUT2D eigenvalue weighted by Crippen LogP contribution is 2.22. The molecule has 0 aliphatic carbocycles. The molecule has 0 aromatic heterocycles. The van der Waals surface area contributed by atoms with Crippen molar-refractivity contribution in [3.8, 4) is 5.75 Å². The Labute approximate surface area is 175 Å². The van der Waals surface area contributed by atoms with Gasteiger partial charge < -0.3 is 19.4 Å². The van der Waals surface area contributed by atoms with Gasteiger partial charge in [0.05, 0.1) is 5.02 Å². The molecule has 2 aliphatic rings. The van der Waals surface area contributed by atoms with Crippen LogP contribution in [0.1, 0.15) is 6.92 Å². The van der Waals surface area contributed by atoms with Crippen LogP contribution in [0.5, 0.6) is 5.75 Å². The summed E-state index contributed by atoms with van der Waals surface area (Å²) < 4.78 is 5.72. The highest BCUT2D eigenvalue weighted by atomic mass is 35.5. The lowest BCUT2D eigenvalue weighted by atomic mass is 10.2. The van der Waals surface area contributed by atoms with Crippen LogP contribution >= 0.6 is 11.6 Å². The van der Waals surface area contributed by atoms with Crippen LogP contribution in [0.25, 0.3) is 0 Å². The number of hydrogen-bond acceptors (Lipinski definition) is 5. The van der Waals surface area contributed by atoms with E-state index in [4.69, 9.17) is 16.3 Å². The maximum Gasteiger partial charge on any atom is 0.312 e. The number of benzene rings is 1. The number of halogens is 1. The van der Waals surface area contributed by atoms with Gasteiger partial charge in [0.15, 0.2) is 0 Å². The summed E-state index contributed by atoms with van der Waals surface area (Å²) in [5.41, 5.74) is 0. The summed E-state index contributed by atoms with van der Waals surface area (Å²) in [6.45, 7) is 7.16. The maximum atomic E-state index is 12.6. The predicted octanol–water partition coefficient (Wildman–Crippen LogP) is 0.554. The second-order valence-electron chi connectivity index (χ2n) is 7.11. The molecule has 0 atom stereocenters. The number of rotatable bonds is 7. The monoisotopic (exact) mass is 422 g/mol. The summed E-state index contributed by atoms with van der Waals surface area (Å²) in [6, 6.07) is 7.37. The predicted molar refractivity (Wildman–Crippen MR) is 109 cm³/mol. The molecule has 2 fully saturated rings. The number of para-hydroxylation sites is 1. The van der Waals surface area contributed by atoms with Gasteiger partial charge in [0.2, 0.25) is 5.91 Å². The quantitative estimate of drug-likeness (QED) is 0.600. The van der Waals surface area contributed by atoms with Crippen molar-refractivity contribution >= 4 is 29.3 Å². The minimum atomic E-state index is -0.582. The van der Waals surface area contributed by atoms with Gasteiger partial charge in [-0.15, -0.1) is 0 Å². The molecule has 3 amide bonds. The standard InChI is InChI=1S/C20H27ClN4O4/c1-2-23-11-12-25(20(28)19(23)27)15-18(26)24-9-7-22(8-10-24)13-14-29-17-6-4-3-5-16(17)21/h3-6H,2,7-15H2,1H3. The Bertz CT molecular complexity index is 752. The fourth-order valence-electron chi connectivity index (χ4n) is 3.50. The van der Waals surface area contributed by atoms with Crippen molar-refractivity contribution in [2.75, 3.05) is 65.5 Å². The summed E-state index contributed by atoms with van der Waals surface area (Å²) in [6.07, 6.45) is 0. The number of hydrogen-bond donors (Lipinski definition) is 0. The van der Waals surface area contributed by atoms with Crippen LogP contribution in [0, 0.1) is 0 Å². The molecule has 2 aliphatic heterocycles. The number of nitrogens with zero attached hydrogens (tertiary/aromatic N) is 4. The minimum absolute atomic E-state index is 0.0300. The van der Waals surface area contributed by atoms with Gasteiger partial charge in [-0.3, -0.25) is 19.3 Å². The van der Waals surface area contributed by atoms with Crippen molar-refractivity contribution in [3.05, 3.63) is 29.3 Å². The Hall–Kier alpha value is -2.32. The molecule has 2 saturated heterocycles. The molecule has 29 heavy (non-hydrogen) atoms. The topological polar surface area (TPSA) is 73.4 Å². The molecule has 0 saturated carbocycles. The maximum absolute atomic E-state index is 12.6. The number of carbonyl (C=O) groups is 3. The van der Waals surface area contributed by atoms with Crippen LogP contribution in [0.4, 0.5) is 0 Å². The second kappa shape index (κ2) is 9.93. The number of amides is 3. The third kappa shape index (κ3) is 5.39. The lowest BCUT2D eigenvalue weighted by molar-refractivity contribution is -0.157. The average molecular weight is 423 g/mol. The van der Waals surface area contributed by atoms with E-state index in [-0.39, 0.29) is 12.5 Å². The Morgan fingerprint density at radius 3 is 2.34 bits per heavy atom. The van der Waals surface area contributed by atoms with Gasteiger partial charge in [-0.05, 0) is 19.1 Å². The van der Waals surface area contributed by atoms with Gasteiger partial charge in [0, 0.05) is 52.4 Å². The molecule has 0 N–H and O–H groups in total. The zero-order valence-corrected chi connectivity index (χ0v) is 17.4. The lowest BCUT2D eigenvalue weighted by Gasteiger charge is -2.37. The van der Waals surface area contributed by atoms with Gasteiger partial charge in [0.1, 0.15) is 18.9 Å². The van der Waals surface area contributed by atoms with Crippen molar-refractivity contribution in [2.45, 2.75) is 6.92 Å². The van der Waals surface area contributed by atoms with Gasteiger partial charge >= 0.3 is 11.8 Å². The smallest absolute Gasteiger partial charge is 0.312 e. The molecule has 0 spiro atoms. The zero-order chi connectivity index (χ0) is 20.8. The van der Waals surface area contributed by atoms with Crippen molar-refractivity contribution in [1.82, 2.24) is 19.6 Å². The molecule has 1 aromatic carbocycles. The van der Waals surface area contributed by atoms with E-state index in [2.05, 4.69) is 4.90 Å². The molecule has 9 heteroatoms. The average Bonchev–Trinajstić information content (AvgIpc) is 2.73. The summed E-state index contributed by atoms with van der Waals surface area (Å²) >= 11 is 6.08. The van der Waals surface area contributed by atoms with Crippen molar-refractivity contribution in [3.63, 3.8) is 0 Å². The van der Waals surface area contributed by atoms with E-state index in [1.54, 1.807) is 11.0 Å². The fraction of sp³-hybridized carbons (Fsp3) is 0.550. The SMILES string of the molecule is CCN1CCN(CC(=O)N2CCN(CCOc3ccccc3Cl)CC2)C(=O)C1=O. The van der Waals surface area contributed by atoms with Crippen LogP contribution in [0.2, 0.25) is 5.02 Å². The number of ether oxygens (including phenoxy) is 1. The van der Waals surface area contributed by atoms with E-state index < -0.39 is 11.8 Å². The Morgan fingerprint density at radius 2 is 1.66 bits per heavy atom. The first kappa shape index (κ1) is 21.4. The first-order chi connectivity index (χ1) is 14.0. The van der Waals surface area contributed by atoms with Crippen LogP contribution in [0.3, 0.4) is 0 Å². The summed E-state index contributed by atoms with van der Waals surface area (Å²) in [4.78, 5) is 43.6. The van der Waals surface area contributed by atoms with E-state index >= 15 is 0 Å². The van der Waals surface area contributed by atoms with Gasteiger partial charge in [-0.25, -0.2) is 0 Å². The summed E-state index contributed by atoms with van der Waals surface area (Å²) in [7, 11) is 0. The van der Waals surface area contributed by atoms with Crippen molar-refractivity contribution in [2.24, 2.45) is 0 Å². The third-order valence-electron chi connectivity index (χ3n) is 5.33. The minimum Gasteiger partial charge on any atom is -0.491 e. The zero-order valence-electron chi connectivity index (χ0n) is 16.7. The molecule has 3 rings (SSSR count). The molecule has 0 radical (unpaired) electrons. The number of piperazine rings is 2. The van der Waals surface area contributed by atoms with Gasteiger partial charge in [-0.2, -0.15) is 0 Å². The molecule has 1 aromatic rings. The van der Waals surface area contributed by atoms with E-state index in [0.717, 1.165) is 19.6 Å². The number of carbonyl (C=O) groups excluding carboxylic acids is 3. The van der Waals surface area contributed by atoms with Gasteiger partial charge in [-0.1, -0.05) is 23.7 Å². The summed E-state index contributed by atoms with van der Waals surface area (Å²) in [5, 5.41) is 0.593. The van der Waals surface area contributed by atoms with E-state index in [1.807, 2.05) is 25.1 Å². The van der Waals surface area contributed by atoms with Crippen LogP contribution < -0.4 is 4.74 Å². The fourth-order valence-corrected chi connectivity index (χ4v) is 3.69. The molecular formula is C20H27ClN4O4. The first-order valence-electron chi connectivity index (χ1n) is 9.95. The van der Waals surface area contributed by atoms with Gasteiger partial charge in [0.25, 0.3) is 0 Å². The Morgan fingerprint density at radius 1 is 1.00 bits per heavy atom. The number of likely N-dealkylation sites (N-methyl/N-ethyl adjacent to an activating group) is 1. The van der Waals surface area contributed by atoms with Crippen molar-refractivity contribution < 1.29 is 19.1 Å². The third-order valence-corrected chi connectivity index (χ3v) is 5.64. The molecular weight excluding hydrogens is 396 g/mol. The first-order valence-corrected chi connectivity index (χ1v) is 10.3. The van der Waals surface area contributed by atoms with Crippen LogP contribution in [-0.2, 0) is 14.4 Å². The van der Waals surface area contributed by atoms with E-state index in [9.17, 15) is 14.4 Å². The Balaban J connectivity index is 1.39. The largest absolute Gasteiger partial charge is 0.491 e. The molecule has 158 valence electrons. The molecule has 2 heterocycles. The summed E-state index contributed by atoms with van der Waals surface area (Å²) in [5.74, 6) is -0.537. The normalized spacial score (nSPS) is 18.3. The molecule has 8 nitrogen and oxygen atoms in total. The van der Waals surface area contributed by atoms with E-state index in [1.165, 1.54) is 9.80 Å². The Kier molecular flexibility index (Phi) is 7.33. The highest BCUT2D eigenvalue weighted by molar-refractivity contribution is 6.35. The van der Waals surface area contributed by atoms with Crippen molar-refractivity contribution in [1.29, 1.82) is 0 Å². The van der Waals surface area contributed by atoms with Crippen LogP contribution in [0.15, 0.2) is 24.3 Å². The van der Waals surface area contributed by atoms with E-state index in [0.29, 0.717) is 50.1 Å². The van der Waals surface area contributed by atoms with Crippen LogP contribution in [-0.4, -0.2) is 103 Å². The molecule has 0 unspecified atom stereocenters. The molecule has 0 bridgehead atoms. The highest BCUT2D eigenvalue weighted by Gasteiger charge is 2.33. The second-order valence-corrected chi connectivity index (χ2v) is 7.52.